The number of alkyl halides is 3. The number of nitrogens with one attached hydrogen (secondary N) is 2. The van der Waals surface area contributed by atoms with Gasteiger partial charge in [-0.05, 0) is 31.5 Å². The van der Waals surface area contributed by atoms with Crippen molar-refractivity contribution in [2.24, 2.45) is 4.99 Å². The lowest BCUT2D eigenvalue weighted by molar-refractivity contribution is -0.137. The van der Waals surface area contributed by atoms with Crippen molar-refractivity contribution in [2.45, 2.75) is 32.1 Å². The van der Waals surface area contributed by atoms with Crippen LogP contribution in [0.25, 0.3) is 0 Å². The lowest BCUT2D eigenvalue weighted by atomic mass is 10.2. The minimum absolute atomic E-state index is 0.00352. The van der Waals surface area contributed by atoms with Crippen molar-refractivity contribution in [2.75, 3.05) is 24.5 Å². The Morgan fingerprint density at radius 3 is 2.83 bits per heavy atom. The third-order valence-electron chi connectivity index (χ3n) is 4.45. The summed E-state index contributed by atoms with van der Waals surface area (Å²) in [6.45, 7) is 4.32. The van der Waals surface area contributed by atoms with E-state index in [1.165, 1.54) is 0 Å². The van der Waals surface area contributed by atoms with Gasteiger partial charge in [0.15, 0.2) is 5.96 Å². The van der Waals surface area contributed by atoms with Crippen LogP contribution in [0.5, 0.6) is 0 Å². The van der Waals surface area contributed by atoms with E-state index >= 15 is 0 Å². The molecule has 1 fully saturated rings. The van der Waals surface area contributed by atoms with E-state index in [2.05, 4.69) is 25.6 Å². The lowest BCUT2D eigenvalue weighted by Gasteiger charge is -2.21. The van der Waals surface area contributed by atoms with Crippen molar-refractivity contribution in [3.63, 3.8) is 0 Å². The van der Waals surface area contributed by atoms with E-state index < -0.39 is 11.7 Å². The van der Waals surface area contributed by atoms with Crippen molar-refractivity contribution in [1.29, 1.82) is 0 Å². The molecule has 0 aliphatic carbocycles. The number of hydrogen-bond acceptors (Lipinski definition) is 4. The number of anilines is 1. The first-order chi connectivity index (χ1) is 13.9. The van der Waals surface area contributed by atoms with Crippen LogP contribution in [-0.4, -0.2) is 41.6 Å². The smallest absolute Gasteiger partial charge is 0.357 e. The maximum Gasteiger partial charge on any atom is 0.417 e. The van der Waals surface area contributed by atoms with Crippen LogP contribution in [0, 0.1) is 0 Å². The Labute approximate surface area is 172 Å². The molecule has 6 nitrogen and oxygen atoms in total. The van der Waals surface area contributed by atoms with Crippen LogP contribution in [-0.2, 0) is 12.7 Å². The minimum Gasteiger partial charge on any atom is -0.357 e. The molecule has 156 valence electrons. The fraction of sp³-hybridized carbons (Fsp3) is 0.421. The zero-order chi connectivity index (χ0) is 20.9. The Balaban J connectivity index is 1.63. The Morgan fingerprint density at radius 1 is 1.34 bits per heavy atom. The predicted octanol–water partition coefficient (Wildman–Crippen LogP) is 3.48. The zero-order valence-electron chi connectivity index (χ0n) is 15.9. The average Bonchev–Trinajstić information content (AvgIpc) is 3.14. The summed E-state index contributed by atoms with van der Waals surface area (Å²) in [5, 5.41) is 6.55. The van der Waals surface area contributed by atoms with Gasteiger partial charge in [0, 0.05) is 38.1 Å². The maximum atomic E-state index is 12.8. The molecule has 0 amide bonds. The molecule has 1 unspecified atom stereocenters. The van der Waals surface area contributed by atoms with Crippen LogP contribution >= 0.6 is 11.6 Å². The van der Waals surface area contributed by atoms with Gasteiger partial charge in [0.2, 0.25) is 0 Å². The maximum absolute atomic E-state index is 12.8. The SMILES string of the molecule is CCNC(=NCc1ccccn1)NC1CCN(c2ncc(C(F)(F)F)cc2Cl)C1. The molecule has 1 aliphatic rings. The fourth-order valence-electron chi connectivity index (χ4n) is 3.05. The summed E-state index contributed by atoms with van der Waals surface area (Å²) < 4.78 is 38.4. The van der Waals surface area contributed by atoms with Gasteiger partial charge < -0.3 is 15.5 Å². The Morgan fingerprint density at radius 2 is 2.17 bits per heavy atom. The first-order valence-corrected chi connectivity index (χ1v) is 9.67. The monoisotopic (exact) mass is 426 g/mol. The van der Waals surface area contributed by atoms with Crippen LogP contribution in [0.3, 0.4) is 0 Å². The van der Waals surface area contributed by atoms with Crippen molar-refractivity contribution in [3.05, 3.63) is 52.9 Å². The van der Waals surface area contributed by atoms with Gasteiger partial charge in [-0.3, -0.25) is 4.98 Å². The molecule has 0 spiro atoms. The minimum atomic E-state index is -4.46. The molecular weight excluding hydrogens is 405 g/mol. The highest BCUT2D eigenvalue weighted by atomic mass is 35.5. The number of aromatic nitrogens is 2. The number of rotatable bonds is 5. The van der Waals surface area contributed by atoms with Crippen LogP contribution in [0.15, 0.2) is 41.7 Å². The first kappa shape index (κ1) is 21.2. The molecular formula is C19H22ClF3N6. The molecule has 3 heterocycles. The Bertz CT molecular complexity index is 844. The molecule has 2 N–H and O–H groups in total. The second-order valence-corrected chi connectivity index (χ2v) is 7.03. The van der Waals surface area contributed by atoms with Crippen LogP contribution in [0.2, 0.25) is 5.02 Å². The van der Waals surface area contributed by atoms with Crippen molar-refractivity contribution in [1.82, 2.24) is 20.6 Å². The van der Waals surface area contributed by atoms with Gasteiger partial charge in [-0.2, -0.15) is 13.2 Å². The van der Waals surface area contributed by atoms with Gasteiger partial charge in [-0.1, -0.05) is 17.7 Å². The molecule has 0 radical (unpaired) electrons. The molecule has 1 aliphatic heterocycles. The standard InChI is InChI=1S/C19H22ClF3N6/c1-2-24-18(27-11-14-5-3-4-7-25-14)28-15-6-8-29(12-15)17-16(20)9-13(10-26-17)19(21,22)23/h3-5,7,9-10,15H,2,6,8,11-12H2,1H3,(H2,24,27,28). The Hall–Kier alpha value is -2.55. The summed E-state index contributed by atoms with van der Waals surface area (Å²) in [7, 11) is 0. The number of guanidine groups is 1. The largest absolute Gasteiger partial charge is 0.417 e. The summed E-state index contributed by atoms with van der Waals surface area (Å²) in [5.74, 6) is 1.02. The highest BCUT2D eigenvalue weighted by Crippen LogP contribution is 2.34. The number of aliphatic imine (C=N–C) groups is 1. The van der Waals surface area contributed by atoms with Crippen LogP contribution in [0.1, 0.15) is 24.6 Å². The van der Waals surface area contributed by atoms with Gasteiger partial charge >= 0.3 is 6.18 Å². The average molecular weight is 427 g/mol. The number of nitrogens with zero attached hydrogens (tertiary/aromatic N) is 4. The third-order valence-corrected chi connectivity index (χ3v) is 4.73. The molecule has 0 aromatic carbocycles. The number of halogens is 4. The van der Waals surface area contributed by atoms with E-state index in [4.69, 9.17) is 11.6 Å². The van der Waals surface area contributed by atoms with E-state index in [0.29, 0.717) is 38.0 Å². The molecule has 10 heteroatoms. The molecule has 0 bridgehead atoms. The molecule has 1 atom stereocenters. The summed E-state index contributed by atoms with van der Waals surface area (Å²) in [5.41, 5.74) is 0.00898. The van der Waals surface area contributed by atoms with Crippen molar-refractivity contribution in [3.8, 4) is 0 Å². The van der Waals surface area contributed by atoms with E-state index in [1.54, 1.807) is 6.20 Å². The number of pyridine rings is 2. The highest BCUT2D eigenvalue weighted by molar-refractivity contribution is 6.33. The molecule has 1 saturated heterocycles. The normalized spacial score (nSPS) is 17.5. The van der Waals surface area contributed by atoms with E-state index in [-0.39, 0.29) is 11.1 Å². The van der Waals surface area contributed by atoms with E-state index in [1.807, 2.05) is 30.0 Å². The van der Waals surface area contributed by atoms with Gasteiger partial charge in [0.05, 0.1) is 22.8 Å². The molecule has 0 saturated carbocycles. The first-order valence-electron chi connectivity index (χ1n) is 9.29. The lowest BCUT2D eigenvalue weighted by Crippen LogP contribution is -2.44. The zero-order valence-corrected chi connectivity index (χ0v) is 16.6. The van der Waals surface area contributed by atoms with Crippen LogP contribution < -0.4 is 15.5 Å². The highest BCUT2D eigenvalue weighted by Gasteiger charge is 2.33. The second kappa shape index (κ2) is 9.30. The molecule has 2 aromatic heterocycles. The molecule has 29 heavy (non-hydrogen) atoms. The predicted molar refractivity (Wildman–Crippen MR) is 107 cm³/mol. The van der Waals surface area contributed by atoms with Crippen molar-refractivity contribution < 1.29 is 13.2 Å². The van der Waals surface area contributed by atoms with E-state index in [0.717, 1.165) is 24.4 Å². The van der Waals surface area contributed by atoms with Crippen LogP contribution in [0.4, 0.5) is 19.0 Å². The summed E-state index contributed by atoms with van der Waals surface area (Å²) >= 11 is 6.07. The van der Waals surface area contributed by atoms with Gasteiger partial charge in [0.1, 0.15) is 5.82 Å². The summed E-state index contributed by atoms with van der Waals surface area (Å²) in [4.78, 5) is 14.6. The van der Waals surface area contributed by atoms with Gasteiger partial charge in [-0.15, -0.1) is 0 Å². The molecule has 2 aromatic rings. The van der Waals surface area contributed by atoms with Gasteiger partial charge in [0.25, 0.3) is 0 Å². The quantitative estimate of drug-likeness (QED) is 0.566. The summed E-state index contributed by atoms with van der Waals surface area (Å²) in [6, 6.07) is 6.65. The Kier molecular flexibility index (Phi) is 6.79. The number of hydrogen-bond donors (Lipinski definition) is 2. The van der Waals surface area contributed by atoms with E-state index in [9.17, 15) is 13.2 Å². The topological polar surface area (TPSA) is 65.4 Å². The third kappa shape index (κ3) is 5.72. The molecule has 3 rings (SSSR count). The van der Waals surface area contributed by atoms with Crippen molar-refractivity contribution >= 4 is 23.4 Å². The summed E-state index contributed by atoms with van der Waals surface area (Å²) in [6.07, 6.45) is -1.14. The van der Waals surface area contributed by atoms with Gasteiger partial charge in [-0.25, -0.2) is 9.98 Å². The second-order valence-electron chi connectivity index (χ2n) is 6.62. The fourth-order valence-corrected chi connectivity index (χ4v) is 3.34.